The second-order valence-corrected chi connectivity index (χ2v) is 9.65. The molecular weight excluding hydrogens is 520 g/mol. The first kappa shape index (κ1) is 27.0. The molecule has 0 saturated carbocycles. The SMILES string of the molecule is Cn1c(CN2CCC(c3cccc(OCc4ccc(C#N)cc4F)n3)CC2)nc2c(OCF)cc(C(=O)O)cc21. The lowest BCUT2D eigenvalue weighted by atomic mass is 9.93. The number of fused-ring (bicyclic) bond motifs is 1. The van der Waals surface area contributed by atoms with Crippen LogP contribution in [-0.2, 0) is 20.2 Å². The number of likely N-dealkylation sites (tertiary alicyclic amines) is 1. The summed E-state index contributed by atoms with van der Waals surface area (Å²) in [5.41, 5.74) is 2.52. The van der Waals surface area contributed by atoms with Crippen LogP contribution in [0.3, 0.4) is 0 Å². The molecule has 0 unspecified atom stereocenters. The maximum atomic E-state index is 14.2. The van der Waals surface area contributed by atoms with E-state index in [-0.39, 0.29) is 29.4 Å². The second-order valence-electron chi connectivity index (χ2n) is 9.65. The average Bonchev–Trinajstić information content (AvgIpc) is 3.28. The molecule has 2 aromatic carbocycles. The molecule has 2 aromatic heterocycles. The van der Waals surface area contributed by atoms with Crippen LogP contribution in [0.25, 0.3) is 11.0 Å². The van der Waals surface area contributed by atoms with Crippen molar-refractivity contribution in [3.05, 3.63) is 82.6 Å². The average molecular weight is 548 g/mol. The molecule has 40 heavy (non-hydrogen) atoms. The van der Waals surface area contributed by atoms with E-state index in [1.165, 1.54) is 24.3 Å². The molecule has 1 aliphatic rings. The third kappa shape index (κ3) is 5.72. The zero-order valence-corrected chi connectivity index (χ0v) is 21.8. The predicted molar refractivity (Wildman–Crippen MR) is 141 cm³/mol. The zero-order chi connectivity index (χ0) is 28.2. The number of carbonyl (C=O) groups is 1. The summed E-state index contributed by atoms with van der Waals surface area (Å²) in [6, 6.07) is 14.6. The van der Waals surface area contributed by atoms with Crippen LogP contribution in [0.4, 0.5) is 8.78 Å². The minimum Gasteiger partial charge on any atom is -0.478 e. The number of piperidine rings is 1. The number of carboxylic acid groups (broad SMARTS) is 1. The van der Waals surface area contributed by atoms with Gasteiger partial charge >= 0.3 is 5.97 Å². The fourth-order valence-electron chi connectivity index (χ4n) is 4.95. The van der Waals surface area contributed by atoms with Crippen molar-refractivity contribution in [1.29, 1.82) is 5.26 Å². The van der Waals surface area contributed by atoms with Gasteiger partial charge in [0.15, 0.2) is 5.75 Å². The summed E-state index contributed by atoms with van der Waals surface area (Å²) in [5, 5.41) is 18.3. The monoisotopic (exact) mass is 547 g/mol. The quantitative estimate of drug-likeness (QED) is 0.314. The number of nitriles is 1. The lowest BCUT2D eigenvalue weighted by Gasteiger charge is -2.31. The van der Waals surface area contributed by atoms with E-state index in [4.69, 9.17) is 14.7 Å². The third-order valence-electron chi connectivity index (χ3n) is 7.17. The van der Waals surface area contributed by atoms with Gasteiger partial charge in [-0.2, -0.15) is 5.26 Å². The molecule has 3 heterocycles. The Bertz CT molecular complexity index is 1590. The van der Waals surface area contributed by atoms with Crippen molar-refractivity contribution in [1.82, 2.24) is 19.4 Å². The maximum Gasteiger partial charge on any atom is 0.335 e. The Morgan fingerprint density at radius 3 is 2.65 bits per heavy atom. The van der Waals surface area contributed by atoms with Crippen LogP contribution in [0.15, 0.2) is 48.5 Å². The van der Waals surface area contributed by atoms with Crippen molar-refractivity contribution in [3.63, 3.8) is 0 Å². The largest absolute Gasteiger partial charge is 0.478 e. The van der Waals surface area contributed by atoms with Gasteiger partial charge in [0.05, 0.1) is 29.3 Å². The number of alkyl halides is 1. The smallest absolute Gasteiger partial charge is 0.335 e. The number of aromatic carboxylic acids is 1. The van der Waals surface area contributed by atoms with Gasteiger partial charge in [-0.15, -0.1) is 0 Å². The molecule has 4 aromatic rings. The number of imidazole rings is 1. The highest BCUT2D eigenvalue weighted by molar-refractivity contribution is 5.95. The molecule has 1 fully saturated rings. The highest BCUT2D eigenvalue weighted by Gasteiger charge is 2.24. The molecule has 1 saturated heterocycles. The van der Waals surface area contributed by atoms with E-state index in [9.17, 15) is 18.7 Å². The number of ether oxygens (including phenoxy) is 2. The molecule has 5 rings (SSSR count). The van der Waals surface area contributed by atoms with Gasteiger partial charge in [-0.1, -0.05) is 12.1 Å². The van der Waals surface area contributed by atoms with E-state index in [1.54, 1.807) is 19.2 Å². The topological polar surface area (TPSA) is 114 Å². The van der Waals surface area contributed by atoms with E-state index in [0.29, 0.717) is 29.0 Å². The molecule has 0 bridgehead atoms. The summed E-state index contributed by atoms with van der Waals surface area (Å²) < 4.78 is 39.7. The van der Waals surface area contributed by atoms with Crippen LogP contribution in [-0.4, -0.2) is 50.5 Å². The molecule has 0 atom stereocenters. The Hall–Kier alpha value is -4.56. The lowest BCUT2D eigenvalue weighted by molar-refractivity contribution is 0.0696. The zero-order valence-electron chi connectivity index (χ0n) is 21.8. The Labute approximate surface area is 229 Å². The fourth-order valence-corrected chi connectivity index (χ4v) is 4.95. The standard InChI is InChI=1S/C29H27F2N5O4/c1-35-24-12-21(29(37)38)13-25(40-17-30)28(24)34-26(35)15-36-9-7-19(8-10-36)23-3-2-4-27(33-23)39-16-20-6-5-18(14-32)11-22(20)31/h2-6,11-13,19H,7-10,15-17H2,1H3,(H,37,38). The van der Waals surface area contributed by atoms with Gasteiger partial charge in [-0.05, 0) is 56.3 Å². The van der Waals surface area contributed by atoms with E-state index < -0.39 is 18.6 Å². The molecule has 0 aliphatic carbocycles. The van der Waals surface area contributed by atoms with Gasteiger partial charge in [0, 0.05) is 30.3 Å². The first-order chi connectivity index (χ1) is 19.4. The predicted octanol–water partition coefficient (Wildman–Crippen LogP) is 4.94. The minimum atomic E-state index is -1.13. The summed E-state index contributed by atoms with van der Waals surface area (Å²) in [6.45, 7) is 1.07. The van der Waals surface area contributed by atoms with E-state index in [2.05, 4.69) is 14.9 Å². The number of aryl methyl sites for hydroxylation is 1. The number of nitrogens with zero attached hydrogens (tertiary/aromatic N) is 5. The minimum absolute atomic E-state index is 0.00654. The van der Waals surface area contributed by atoms with Crippen LogP contribution in [0.2, 0.25) is 0 Å². The summed E-state index contributed by atoms with van der Waals surface area (Å²) in [6.07, 6.45) is 1.73. The molecular formula is C29H27F2N5O4. The van der Waals surface area contributed by atoms with Gasteiger partial charge in [0.1, 0.15) is 23.8 Å². The Balaban J connectivity index is 1.22. The maximum absolute atomic E-state index is 14.2. The normalized spacial score (nSPS) is 14.2. The van der Waals surface area contributed by atoms with Crippen molar-refractivity contribution in [3.8, 4) is 17.7 Å². The summed E-state index contributed by atoms with van der Waals surface area (Å²) in [5.74, 6) is -0.141. The van der Waals surface area contributed by atoms with Crippen LogP contribution in [0, 0.1) is 17.1 Å². The van der Waals surface area contributed by atoms with Crippen molar-refractivity contribution in [2.45, 2.75) is 31.9 Å². The summed E-state index contributed by atoms with van der Waals surface area (Å²) in [4.78, 5) is 23.1. The van der Waals surface area contributed by atoms with Gasteiger partial charge in [0.2, 0.25) is 12.7 Å². The van der Waals surface area contributed by atoms with Crippen LogP contribution in [0.1, 0.15) is 51.8 Å². The fraction of sp³-hybridized carbons (Fsp3) is 0.310. The molecule has 1 N–H and O–H groups in total. The van der Waals surface area contributed by atoms with Crippen molar-refractivity contribution >= 4 is 17.0 Å². The van der Waals surface area contributed by atoms with Crippen LogP contribution in [0.5, 0.6) is 11.6 Å². The third-order valence-corrected chi connectivity index (χ3v) is 7.17. The molecule has 206 valence electrons. The van der Waals surface area contributed by atoms with Crippen LogP contribution < -0.4 is 9.47 Å². The first-order valence-corrected chi connectivity index (χ1v) is 12.8. The molecule has 1 aliphatic heterocycles. The van der Waals surface area contributed by atoms with Gasteiger partial charge in [-0.25, -0.2) is 23.5 Å². The van der Waals surface area contributed by atoms with E-state index in [0.717, 1.165) is 37.4 Å². The van der Waals surface area contributed by atoms with Gasteiger partial charge in [0.25, 0.3) is 0 Å². The van der Waals surface area contributed by atoms with E-state index >= 15 is 0 Å². The number of rotatable bonds is 9. The van der Waals surface area contributed by atoms with Gasteiger partial charge in [-0.3, -0.25) is 4.90 Å². The molecule has 0 amide bonds. The lowest BCUT2D eigenvalue weighted by Crippen LogP contribution is -2.33. The molecule has 0 radical (unpaired) electrons. The summed E-state index contributed by atoms with van der Waals surface area (Å²) in [7, 11) is 1.81. The van der Waals surface area contributed by atoms with E-state index in [1.807, 2.05) is 22.8 Å². The van der Waals surface area contributed by atoms with Crippen molar-refractivity contribution in [2.24, 2.45) is 7.05 Å². The van der Waals surface area contributed by atoms with Crippen LogP contribution >= 0.6 is 0 Å². The molecule has 9 nitrogen and oxygen atoms in total. The number of halogens is 2. The number of pyridine rings is 1. The van der Waals surface area contributed by atoms with Crippen molar-refractivity contribution < 1.29 is 28.2 Å². The number of benzene rings is 2. The highest BCUT2D eigenvalue weighted by atomic mass is 19.1. The highest BCUT2D eigenvalue weighted by Crippen LogP contribution is 2.31. The Morgan fingerprint density at radius 2 is 1.95 bits per heavy atom. The first-order valence-electron chi connectivity index (χ1n) is 12.8. The number of carboxylic acids is 1. The number of aromatic nitrogens is 3. The number of hydrogen-bond acceptors (Lipinski definition) is 7. The van der Waals surface area contributed by atoms with Gasteiger partial charge < -0.3 is 19.1 Å². The summed E-state index contributed by atoms with van der Waals surface area (Å²) >= 11 is 0. The number of hydrogen-bond donors (Lipinski definition) is 1. The molecule has 11 heteroatoms. The Morgan fingerprint density at radius 1 is 1.15 bits per heavy atom. The Kier molecular flexibility index (Phi) is 7.89. The van der Waals surface area contributed by atoms with Crippen molar-refractivity contribution in [2.75, 3.05) is 20.0 Å². The molecule has 0 spiro atoms. The second kappa shape index (κ2) is 11.7.